The van der Waals surface area contributed by atoms with Crippen molar-refractivity contribution in [2.24, 2.45) is 0 Å². The highest BCUT2D eigenvalue weighted by Crippen LogP contribution is 2.27. The molecule has 1 aromatic carbocycles. The highest BCUT2D eigenvalue weighted by atomic mass is 35.5. The van der Waals surface area contributed by atoms with Crippen LogP contribution in [-0.4, -0.2) is 29.9 Å². The Morgan fingerprint density at radius 1 is 1.37 bits per heavy atom. The van der Waals surface area contributed by atoms with Crippen LogP contribution in [0.2, 0.25) is 10.0 Å². The van der Waals surface area contributed by atoms with Crippen molar-refractivity contribution in [1.82, 2.24) is 5.32 Å². The topological polar surface area (TPSA) is 41.5 Å². The van der Waals surface area contributed by atoms with Gasteiger partial charge in [-0.1, -0.05) is 30.1 Å². The van der Waals surface area contributed by atoms with Crippen molar-refractivity contribution in [3.05, 3.63) is 28.2 Å². The Hall–Kier alpha value is -0.480. The minimum Gasteiger partial charge on any atom is -0.489 e. The molecule has 0 saturated carbocycles. The number of nitrogens with one attached hydrogen (secondary N) is 1. The van der Waals surface area contributed by atoms with Crippen LogP contribution in [0.15, 0.2) is 18.2 Å². The molecule has 1 aromatic rings. The van der Waals surface area contributed by atoms with Crippen molar-refractivity contribution in [3.63, 3.8) is 0 Å². The monoisotopic (exact) mass is 305 g/mol. The molecule has 3 nitrogen and oxygen atoms in total. The minimum atomic E-state index is -0.596. The summed E-state index contributed by atoms with van der Waals surface area (Å²) in [6.45, 7) is 6.93. The van der Waals surface area contributed by atoms with E-state index in [9.17, 15) is 5.11 Å². The second-order valence-corrected chi connectivity index (χ2v) is 6.00. The number of hydrogen-bond acceptors (Lipinski definition) is 3. The van der Waals surface area contributed by atoms with Gasteiger partial charge in [-0.05, 0) is 32.4 Å². The van der Waals surface area contributed by atoms with Crippen molar-refractivity contribution in [2.75, 3.05) is 13.2 Å². The van der Waals surface area contributed by atoms with E-state index < -0.39 is 6.10 Å². The molecule has 5 heteroatoms. The molecule has 0 amide bonds. The zero-order valence-corrected chi connectivity index (χ0v) is 13.1. The summed E-state index contributed by atoms with van der Waals surface area (Å²) in [5.74, 6) is 0.489. The highest BCUT2D eigenvalue weighted by molar-refractivity contribution is 6.34. The molecule has 0 aliphatic carbocycles. The number of β-amino-alcohol motifs (C(OH)–C–C–N with tert-alkyl or cyclic N) is 1. The first kappa shape index (κ1) is 16.6. The van der Waals surface area contributed by atoms with Gasteiger partial charge in [0.25, 0.3) is 0 Å². The maximum Gasteiger partial charge on any atom is 0.139 e. The molecule has 0 unspecified atom stereocenters. The van der Waals surface area contributed by atoms with Crippen molar-refractivity contribution in [1.29, 1.82) is 0 Å². The number of aliphatic hydroxyl groups is 1. The fourth-order valence-electron chi connectivity index (χ4n) is 1.35. The fourth-order valence-corrected chi connectivity index (χ4v) is 1.69. The first-order chi connectivity index (χ1) is 8.84. The van der Waals surface area contributed by atoms with Crippen molar-refractivity contribution < 1.29 is 9.84 Å². The molecule has 0 spiro atoms. The van der Waals surface area contributed by atoms with Gasteiger partial charge in [-0.25, -0.2) is 0 Å². The summed E-state index contributed by atoms with van der Waals surface area (Å²) in [4.78, 5) is 0. The van der Waals surface area contributed by atoms with Crippen LogP contribution in [0.25, 0.3) is 0 Å². The average molecular weight is 306 g/mol. The molecule has 108 valence electrons. The Morgan fingerprint density at radius 3 is 2.68 bits per heavy atom. The first-order valence-electron chi connectivity index (χ1n) is 6.35. The van der Waals surface area contributed by atoms with Crippen molar-refractivity contribution >= 4 is 23.2 Å². The summed E-state index contributed by atoms with van der Waals surface area (Å²) in [5.41, 5.74) is 0.00861. The van der Waals surface area contributed by atoms with Gasteiger partial charge in [-0.15, -0.1) is 0 Å². The van der Waals surface area contributed by atoms with Crippen molar-refractivity contribution in [2.45, 2.75) is 38.8 Å². The Balaban J connectivity index is 2.42. The summed E-state index contributed by atoms with van der Waals surface area (Å²) in [6.07, 6.45) is 0.390. The molecule has 0 fully saturated rings. The summed E-state index contributed by atoms with van der Waals surface area (Å²) in [7, 11) is 0. The standard InChI is InChI=1S/C14H21Cl2NO2/c1-4-14(2,3)17-8-11(18)9-19-13-7-10(15)5-6-12(13)16/h5-7,11,17-18H,4,8-9H2,1-3H3/t11-/m0/s1. The predicted octanol–water partition coefficient (Wildman–Crippen LogP) is 3.51. The lowest BCUT2D eigenvalue weighted by atomic mass is 10.0. The van der Waals surface area contributed by atoms with Gasteiger partial charge in [-0.2, -0.15) is 0 Å². The Bertz CT molecular complexity index is 410. The van der Waals surface area contributed by atoms with Gasteiger partial charge >= 0.3 is 0 Å². The number of ether oxygens (including phenoxy) is 1. The van der Waals surface area contributed by atoms with Gasteiger partial charge in [0, 0.05) is 23.2 Å². The van der Waals surface area contributed by atoms with Crippen LogP contribution in [-0.2, 0) is 0 Å². The zero-order chi connectivity index (χ0) is 14.5. The molecule has 2 N–H and O–H groups in total. The molecule has 0 aromatic heterocycles. The molecular formula is C14H21Cl2NO2. The van der Waals surface area contributed by atoms with E-state index in [2.05, 4.69) is 26.1 Å². The number of aliphatic hydroxyl groups excluding tert-OH is 1. The molecule has 0 aliphatic rings. The van der Waals surface area contributed by atoms with Gasteiger partial charge in [-0.3, -0.25) is 0 Å². The van der Waals surface area contributed by atoms with Crippen LogP contribution in [0.5, 0.6) is 5.75 Å². The molecule has 19 heavy (non-hydrogen) atoms. The van der Waals surface area contributed by atoms with Gasteiger partial charge in [0.1, 0.15) is 18.5 Å². The summed E-state index contributed by atoms with van der Waals surface area (Å²) in [6, 6.07) is 5.00. The molecule has 0 radical (unpaired) electrons. The molecule has 0 bridgehead atoms. The third-order valence-corrected chi connectivity index (χ3v) is 3.57. The molecule has 0 heterocycles. The van der Waals surface area contributed by atoms with E-state index in [0.29, 0.717) is 22.3 Å². The normalized spacial score (nSPS) is 13.4. The van der Waals surface area contributed by atoms with E-state index in [0.717, 1.165) is 6.42 Å². The van der Waals surface area contributed by atoms with Crippen LogP contribution in [0, 0.1) is 0 Å². The zero-order valence-electron chi connectivity index (χ0n) is 11.5. The lowest BCUT2D eigenvalue weighted by Gasteiger charge is -2.26. The molecular weight excluding hydrogens is 285 g/mol. The van der Waals surface area contributed by atoms with Crippen LogP contribution < -0.4 is 10.1 Å². The summed E-state index contributed by atoms with van der Waals surface area (Å²) < 4.78 is 5.47. The van der Waals surface area contributed by atoms with Gasteiger partial charge < -0.3 is 15.2 Å². The fraction of sp³-hybridized carbons (Fsp3) is 0.571. The van der Waals surface area contributed by atoms with Crippen LogP contribution in [0.1, 0.15) is 27.2 Å². The molecule has 1 atom stereocenters. The Morgan fingerprint density at radius 2 is 2.05 bits per heavy atom. The summed E-state index contributed by atoms with van der Waals surface area (Å²) in [5, 5.41) is 14.2. The third-order valence-electron chi connectivity index (χ3n) is 3.02. The lowest BCUT2D eigenvalue weighted by molar-refractivity contribution is 0.0986. The second-order valence-electron chi connectivity index (χ2n) is 5.16. The molecule has 0 saturated heterocycles. The SMILES string of the molecule is CCC(C)(C)NC[C@H](O)COc1cc(Cl)ccc1Cl. The van der Waals surface area contributed by atoms with Gasteiger partial charge in [0.15, 0.2) is 0 Å². The highest BCUT2D eigenvalue weighted by Gasteiger charge is 2.16. The van der Waals surface area contributed by atoms with E-state index in [1.54, 1.807) is 18.2 Å². The van der Waals surface area contributed by atoms with E-state index in [1.165, 1.54) is 0 Å². The van der Waals surface area contributed by atoms with Crippen LogP contribution in [0.3, 0.4) is 0 Å². The van der Waals surface area contributed by atoms with Crippen molar-refractivity contribution in [3.8, 4) is 5.75 Å². The number of benzene rings is 1. The average Bonchev–Trinajstić information content (AvgIpc) is 2.37. The maximum absolute atomic E-state index is 9.87. The largest absolute Gasteiger partial charge is 0.489 e. The second kappa shape index (κ2) is 7.34. The molecule has 1 rings (SSSR count). The summed E-state index contributed by atoms with van der Waals surface area (Å²) >= 11 is 11.8. The van der Waals surface area contributed by atoms with Crippen LogP contribution in [0.4, 0.5) is 0 Å². The number of hydrogen-bond donors (Lipinski definition) is 2. The van der Waals surface area contributed by atoms with Crippen LogP contribution >= 0.6 is 23.2 Å². The Labute approximate surface area is 124 Å². The smallest absolute Gasteiger partial charge is 0.139 e. The Kier molecular flexibility index (Phi) is 6.40. The van der Waals surface area contributed by atoms with Gasteiger partial charge in [0.2, 0.25) is 0 Å². The quantitative estimate of drug-likeness (QED) is 0.810. The van der Waals surface area contributed by atoms with E-state index in [-0.39, 0.29) is 12.1 Å². The van der Waals surface area contributed by atoms with E-state index in [4.69, 9.17) is 27.9 Å². The number of halogens is 2. The van der Waals surface area contributed by atoms with E-state index in [1.807, 2.05) is 0 Å². The minimum absolute atomic E-state index is 0.00861. The van der Waals surface area contributed by atoms with Gasteiger partial charge in [0.05, 0.1) is 5.02 Å². The first-order valence-corrected chi connectivity index (χ1v) is 7.10. The third kappa shape index (κ3) is 6.00. The molecule has 0 aliphatic heterocycles. The number of rotatable bonds is 7. The predicted molar refractivity (Wildman–Crippen MR) is 80.3 cm³/mol. The van der Waals surface area contributed by atoms with E-state index >= 15 is 0 Å². The lowest BCUT2D eigenvalue weighted by Crippen LogP contribution is -2.44. The maximum atomic E-state index is 9.87.